The van der Waals surface area contributed by atoms with Crippen molar-refractivity contribution in [2.45, 2.75) is 19.6 Å². The normalized spacial score (nSPS) is 15.7. The largest absolute Gasteiger partial charge is 0.485 e. The average Bonchev–Trinajstić information content (AvgIpc) is 2.29. The smallest absolute Gasteiger partial charge is 0.377 e. The van der Waals surface area contributed by atoms with Crippen molar-refractivity contribution in [1.82, 2.24) is 0 Å². The maximum Gasteiger partial charge on any atom is 0.485 e. The summed E-state index contributed by atoms with van der Waals surface area (Å²) in [5, 5.41) is 0. The van der Waals surface area contributed by atoms with Gasteiger partial charge in [-0.3, -0.25) is 4.79 Å². The van der Waals surface area contributed by atoms with Gasteiger partial charge < -0.3 is 10.3 Å². The first-order chi connectivity index (χ1) is 8.41. The third-order valence-electron chi connectivity index (χ3n) is 1.81. The first kappa shape index (κ1) is 14.8. The predicted molar refractivity (Wildman–Crippen MR) is 63.9 cm³/mol. The molecule has 0 amide bonds. The Labute approximate surface area is 105 Å². The molecule has 4 N–H and O–H groups in total. The monoisotopic (exact) mass is 274 g/mol. The van der Waals surface area contributed by atoms with E-state index in [0.29, 0.717) is 0 Å². The summed E-state index contributed by atoms with van der Waals surface area (Å²) >= 11 is 0. The van der Waals surface area contributed by atoms with Crippen LogP contribution in [0.15, 0.2) is 30.3 Å². The van der Waals surface area contributed by atoms with Crippen LogP contribution in [-0.2, 0) is 30.1 Å². The summed E-state index contributed by atoms with van der Waals surface area (Å²) in [6.45, 7) is 1.39. The fourth-order valence-corrected chi connectivity index (χ4v) is 1.61. The van der Waals surface area contributed by atoms with Crippen molar-refractivity contribution in [3.05, 3.63) is 35.9 Å². The molecule has 0 saturated heterocycles. The van der Waals surface area contributed by atoms with Crippen molar-refractivity contribution in [3.8, 4) is 0 Å². The Bertz CT molecular complexity index is 437. The van der Waals surface area contributed by atoms with Crippen molar-refractivity contribution in [2.24, 2.45) is 11.2 Å². The highest BCUT2D eigenvalue weighted by Crippen LogP contribution is 2.39. The second-order valence-electron chi connectivity index (χ2n) is 3.56. The van der Waals surface area contributed by atoms with Gasteiger partial charge >= 0.3 is 13.7 Å². The summed E-state index contributed by atoms with van der Waals surface area (Å²) in [5.41, 5.74) is 11.1. The molecule has 7 nitrogen and oxygen atoms in total. The van der Waals surface area contributed by atoms with Crippen molar-refractivity contribution in [1.29, 1.82) is 0 Å². The Kier molecular flexibility index (Phi) is 5.46. The second-order valence-corrected chi connectivity index (χ2v) is 4.97. The van der Waals surface area contributed by atoms with Gasteiger partial charge in [-0.25, -0.2) is 15.0 Å². The molecule has 1 rings (SSSR count). The molecule has 0 bridgehead atoms. The van der Waals surface area contributed by atoms with E-state index in [1.165, 1.54) is 6.92 Å². The first-order valence-corrected chi connectivity index (χ1v) is 6.74. The lowest BCUT2D eigenvalue weighted by Gasteiger charge is -2.13. The van der Waals surface area contributed by atoms with Crippen molar-refractivity contribution >= 4 is 13.7 Å². The highest BCUT2D eigenvalue weighted by Gasteiger charge is 2.26. The molecule has 1 aromatic carbocycles. The molecule has 8 heteroatoms. The van der Waals surface area contributed by atoms with Crippen LogP contribution in [0.4, 0.5) is 0 Å². The van der Waals surface area contributed by atoms with E-state index in [1.54, 1.807) is 24.3 Å². The number of nitrogens with two attached hydrogens (primary N) is 2. The van der Waals surface area contributed by atoms with Crippen molar-refractivity contribution < 1.29 is 23.4 Å². The first-order valence-electron chi connectivity index (χ1n) is 5.13. The molecule has 18 heavy (non-hydrogen) atoms. The van der Waals surface area contributed by atoms with Gasteiger partial charge in [-0.15, -0.1) is 4.67 Å². The molecule has 0 aliphatic heterocycles. The van der Waals surface area contributed by atoms with Gasteiger partial charge in [-0.1, -0.05) is 30.3 Å². The van der Waals surface area contributed by atoms with E-state index in [-0.39, 0.29) is 6.61 Å². The zero-order chi connectivity index (χ0) is 13.6. The highest BCUT2D eigenvalue weighted by atomic mass is 31.2. The lowest BCUT2D eigenvalue weighted by Crippen LogP contribution is -2.29. The molecular formula is C10H15N2O5P. The van der Waals surface area contributed by atoms with E-state index >= 15 is 0 Å². The van der Waals surface area contributed by atoms with E-state index < -0.39 is 19.8 Å². The maximum absolute atomic E-state index is 11.5. The van der Waals surface area contributed by atoms with Crippen LogP contribution < -0.4 is 11.2 Å². The van der Waals surface area contributed by atoms with E-state index in [4.69, 9.17) is 11.2 Å². The van der Waals surface area contributed by atoms with Crippen LogP contribution in [0.3, 0.4) is 0 Å². The molecule has 1 aromatic rings. The highest BCUT2D eigenvalue weighted by molar-refractivity contribution is 7.51. The summed E-state index contributed by atoms with van der Waals surface area (Å²) in [7, 11) is -4.09. The Morgan fingerprint density at radius 3 is 2.56 bits per heavy atom. The molecule has 0 saturated carbocycles. The molecule has 0 aliphatic rings. The molecule has 0 heterocycles. The van der Waals surface area contributed by atoms with Crippen LogP contribution in [0.25, 0.3) is 0 Å². The Balaban J connectivity index is 2.38. The number of hydrogen-bond donors (Lipinski definition) is 2. The van der Waals surface area contributed by atoms with Crippen LogP contribution >= 0.6 is 7.75 Å². The standard InChI is InChI=1S/C10H15N2O5P/c1-8(11)10(13)16-18(12,14)17-15-7-9-5-3-2-4-6-9/h2-6,8H,7,11H2,1H3,(H2,12,14). The van der Waals surface area contributed by atoms with Gasteiger partial charge in [0.1, 0.15) is 12.6 Å². The molecule has 2 atom stereocenters. The summed E-state index contributed by atoms with van der Waals surface area (Å²) in [4.78, 5) is 15.7. The molecular weight excluding hydrogens is 259 g/mol. The van der Waals surface area contributed by atoms with Crippen LogP contribution in [-0.4, -0.2) is 12.0 Å². The minimum atomic E-state index is -4.09. The summed E-state index contributed by atoms with van der Waals surface area (Å²) in [6.07, 6.45) is 0. The maximum atomic E-state index is 11.5. The van der Waals surface area contributed by atoms with Gasteiger partial charge in [0.25, 0.3) is 0 Å². The van der Waals surface area contributed by atoms with Crippen LogP contribution in [0.5, 0.6) is 0 Å². The molecule has 0 radical (unpaired) electrons. The SMILES string of the molecule is CC(N)C(=O)OP(N)(=O)OOCc1ccccc1. The molecule has 0 aromatic heterocycles. The zero-order valence-electron chi connectivity index (χ0n) is 9.81. The molecule has 2 unspecified atom stereocenters. The lowest BCUT2D eigenvalue weighted by molar-refractivity contribution is -0.225. The van der Waals surface area contributed by atoms with Gasteiger partial charge in [0.15, 0.2) is 0 Å². The second kappa shape index (κ2) is 6.63. The number of hydrogen-bond acceptors (Lipinski definition) is 6. The summed E-state index contributed by atoms with van der Waals surface area (Å²) in [5.74, 6) is -0.927. The summed E-state index contributed by atoms with van der Waals surface area (Å²) < 4.78 is 20.2. The Hall–Kier alpha value is -1.24. The number of benzene rings is 1. The fraction of sp³-hybridized carbons (Fsp3) is 0.300. The van der Waals surface area contributed by atoms with Crippen LogP contribution in [0, 0.1) is 0 Å². The molecule has 0 aliphatic carbocycles. The molecule has 0 spiro atoms. The zero-order valence-corrected chi connectivity index (χ0v) is 10.7. The Morgan fingerprint density at radius 2 is 2.00 bits per heavy atom. The number of carbonyl (C=O) groups is 1. The quantitative estimate of drug-likeness (QED) is 0.453. The topological polar surface area (TPSA) is 114 Å². The van der Waals surface area contributed by atoms with Gasteiger partial charge in [0, 0.05) is 0 Å². The molecule has 0 fully saturated rings. The third-order valence-corrected chi connectivity index (χ3v) is 2.56. The van der Waals surface area contributed by atoms with E-state index in [2.05, 4.69) is 14.1 Å². The number of carbonyl (C=O) groups excluding carboxylic acids is 1. The van der Waals surface area contributed by atoms with E-state index in [1.807, 2.05) is 6.07 Å². The minimum Gasteiger partial charge on any atom is -0.377 e. The van der Waals surface area contributed by atoms with Crippen molar-refractivity contribution in [3.63, 3.8) is 0 Å². The van der Waals surface area contributed by atoms with Crippen molar-refractivity contribution in [2.75, 3.05) is 0 Å². The van der Waals surface area contributed by atoms with Gasteiger partial charge in [0.05, 0.1) is 0 Å². The molecule has 100 valence electrons. The fourth-order valence-electron chi connectivity index (χ4n) is 0.966. The van der Waals surface area contributed by atoms with Crippen LogP contribution in [0.1, 0.15) is 12.5 Å². The van der Waals surface area contributed by atoms with E-state index in [0.717, 1.165) is 5.56 Å². The predicted octanol–water partition coefficient (Wildman–Crippen LogP) is 1.09. The van der Waals surface area contributed by atoms with Gasteiger partial charge in [0.2, 0.25) is 0 Å². The Morgan fingerprint density at radius 1 is 1.39 bits per heavy atom. The summed E-state index contributed by atoms with van der Waals surface area (Å²) in [6, 6.07) is 8.05. The van der Waals surface area contributed by atoms with Gasteiger partial charge in [-0.05, 0) is 12.5 Å². The van der Waals surface area contributed by atoms with Crippen LogP contribution in [0.2, 0.25) is 0 Å². The average molecular weight is 274 g/mol. The number of rotatable bonds is 6. The van der Waals surface area contributed by atoms with Gasteiger partial charge in [-0.2, -0.15) is 0 Å². The lowest BCUT2D eigenvalue weighted by atomic mass is 10.2. The third kappa shape index (κ3) is 5.39. The van der Waals surface area contributed by atoms with E-state index in [9.17, 15) is 9.36 Å². The minimum absolute atomic E-state index is 0.0256.